The zero-order chi connectivity index (χ0) is 13.8. The Labute approximate surface area is 114 Å². The highest BCUT2D eigenvalue weighted by molar-refractivity contribution is 5.41. The highest BCUT2D eigenvalue weighted by atomic mass is 15.3. The van der Waals surface area contributed by atoms with Crippen LogP contribution in [0, 0.1) is 20.8 Å². The lowest BCUT2D eigenvalue weighted by molar-refractivity contribution is 0.663. The zero-order valence-electron chi connectivity index (χ0n) is 12.2. The molecular weight excluding hydrogens is 236 g/mol. The third kappa shape index (κ3) is 3.20. The number of nitrogens with one attached hydrogen (secondary N) is 1. The molecule has 0 saturated heterocycles. The molecule has 0 unspecified atom stereocenters. The standard InChI is InChI=1S/C15H22N4/c1-5-6-16-9-14-12(3)7-13(4)18-15(14)19-10-11(2)8-17-19/h7-8,10,16H,5-6,9H2,1-4H3. The number of pyridine rings is 1. The lowest BCUT2D eigenvalue weighted by Crippen LogP contribution is -2.18. The normalized spacial score (nSPS) is 10.9. The van der Waals surface area contributed by atoms with Crippen LogP contribution < -0.4 is 5.32 Å². The average molecular weight is 258 g/mol. The first-order valence-electron chi connectivity index (χ1n) is 6.81. The van der Waals surface area contributed by atoms with Crippen LogP contribution in [0.4, 0.5) is 0 Å². The van der Waals surface area contributed by atoms with E-state index in [1.807, 2.05) is 30.9 Å². The van der Waals surface area contributed by atoms with Crippen molar-refractivity contribution in [1.82, 2.24) is 20.1 Å². The minimum absolute atomic E-state index is 0.835. The molecule has 0 amide bonds. The second-order valence-corrected chi connectivity index (χ2v) is 5.02. The molecule has 0 aromatic carbocycles. The maximum atomic E-state index is 4.66. The summed E-state index contributed by atoms with van der Waals surface area (Å²) in [7, 11) is 0. The van der Waals surface area contributed by atoms with E-state index in [4.69, 9.17) is 0 Å². The van der Waals surface area contributed by atoms with Gasteiger partial charge in [-0.05, 0) is 50.9 Å². The number of aromatic nitrogens is 3. The van der Waals surface area contributed by atoms with Crippen LogP contribution in [-0.2, 0) is 6.54 Å². The fourth-order valence-electron chi connectivity index (χ4n) is 2.17. The monoisotopic (exact) mass is 258 g/mol. The highest BCUT2D eigenvalue weighted by Crippen LogP contribution is 2.17. The van der Waals surface area contributed by atoms with Gasteiger partial charge in [0.2, 0.25) is 0 Å². The summed E-state index contributed by atoms with van der Waals surface area (Å²) in [5.74, 6) is 0.939. The van der Waals surface area contributed by atoms with Gasteiger partial charge in [0.25, 0.3) is 0 Å². The van der Waals surface area contributed by atoms with E-state index in [0.717, 1.165) is 36.6 Å². The predicted molar refractivity (Wildman–Crippen MR) is 77.6 cm³/mol. The van der Waals surface area contributed by atoms with Crippen LogP contribution in [0.5, 0.6) is 0 Å². The lowest BCUT2D eigenvalue weighted by Gasteiger charge is -2.13. The van der Waals surface area contributed by atoms with Crippen molar-refractivity contribution >= 4 is 0 Å². The third-order valence-electron chi connectivity index (χ3n) is 3.11. The maximum Gasteiger partial charge on any atom is 0.158 e. The molecule has 4 heteroatoms. The Bertz CT molecular complexity index is 557. The van der Waals surface area contributed by atoms with Crippen LogP contribution in [0.2, 0.25) is 0 Å². The Morgan fingerprint density at radius 1 is 1.26 bits per heavy atom. The third-order valence-corrected chi connectivity index (χ3v) is 3.11. The number of hydrogen-bond acceptors (Lipinski definition) is 3. The topological polar surface area (TPSA) is 42.7 Å². The minimum atomic E-state index is 0.835. The Hall–Kier alpha value is -1.68. The van der Waals surface area contributed by atoms with Crippen molar-refractivity contribution in [1.29, 1.82) is 0 Å². The molecule has 0 aliphatic heterocycles. The molecule has 2 aromatic rings. The molecule has 2 rings (SSSR count). The summed E-state index contributed by atoms with van der Waals surface area (Å²) in [6.07, 6.45) is 5.02. The Balaban J connectivity index is 2.39. The van der Waals surface area contributed by atoms with Crippen molar-refractivity contribution in [2.75, 3.05) is 6.54 Å². The van der Waals surface area contributed by atoms with Crippen molar-refractivity contribution in [3.05, 3.63) is 40.8 Å². The second kappa shape index (κ2) is 5.97. The molecule has 4 nitrogen and oxygen atoms in total. The van der Waals surface area contributed by atoms with Gasteiger partial charge in [0.1, 0.15) is 0 Å². The summed E-state index contributed by atoms with van der Waals surface area (Å²) >= 11 is 0. The van der Waals surface area contributed by atoms with Crippen LogP contribution in [0.25, 0.3) is 5.82 Å². The first-order valence-corrected chi connectivity index (χ1v) is 6.81. The summed E-state index contributed by atoms with van der Waals surface area (Å²) in [5.41, 5.74) is 4.66. The van der Waals surface area contributed by atoms with Gasteiger partial charge in [0.05, 0.1) is 6.20 Å². The van der Waals surface area contributed by atoms with Gasteiger partial charge in [-0.25, -0.2) is 9.67 Å². The predicted octanol–water partition coefficient (Wildman–Crippen LogP) is 2.69. The van der Waals surface area contributed by atoms with Gasteiger partial charge in [-0.3, -0.25) is 0 Å². The van der Waals surface area contributed by atoms with E-state index in [9.17, 15) is 0 Å². The van der Waals surface area contributed by atoms with E-state index >= 15 is 0 Å². The Kier molecular flexibility index (Phi) is 4.32. The summed E-state index contributed by atoms with van der Waals surface area (Å²) < 4.78 is 1.87. The molecule has 0 aliphatic carbocycles. The molecule has 0 fully saturated rings. The van der Waals surface area contributed by atoms with Gasteiger partial charge in [-0.2, -0.15) is 5.10 Å². The van der Waals surface area contributed by atoms with E-state index in [1.54, 1.807) is 0 Å². The molecule has 0 radical (unpaired) electrons. The quantitative estimate of drug-likeness (QED) is 0.838. The molecule has 2 aromatic heterocycles. The maximum absolute atomic E-state index is 4.66. The Morgan fingerprint density at radius 3 is 2.68 bits per heavy atom. The van der Waals surface area contributed by atoms with E-state index in [2.05, 4.69) is 35.3 Å². The zero-order valence-corrected chi connectivity index (χ0v) is 12.2. The molecule has 0 bridgehead atoms. The van der Waals surface area contributed by atoms with Gasteiger partial charge in [0, 0.05) is 24.0 Å². The van der Waals surface area contributed by atoms with Gasteiger partial charge in [-0.15, -0.1) is 0 Å². The second-order valence-electron chi connectivity index (χ2n) is 5.02. The number of nitrogens with zero attached hydrogens (tertiary/aromatic N) is 3. The van der Waals surface area contributed by atoms with Gasteiger partial charge >= 0.3 is 0 Å². The highest BCUT2D eigenvalue weighted by Gasteiger charge is 2.11. The van der Waals surface area contributed by atoms with Crippen molar-refractivity contribution < 1.29 is 0 Å². The first kappa shape index (κ1) is 13.7. The summed E-state index contributed by atoms with van der Waals surface area (Å²) in [6, 6.07) is 2.13. The fraction of sp³-hybridized carbons (Fsp3) is 0.467. The van der Waals surface area contributed by atoms with Crippen molar-refractivity contribution in [3.63, 3.8) is 0 Å². The molecular formula is C15H22N4. The molecule has 0 spiro atoms. The van der Waals surface area contributed by atoms with E-state index < -0.39 is 0 Å². The summed E-state index contributed by atoms with van der Waals surface area (Å²) in [5, 5.41) is 7.83. The largest absolute Gasteiger partial charge is 0.313 e. The molecule has 1 N–H and O–H groups in total. The van der Waals surface area contributed by atoms with Gasteiger partial charge in [-0.1, -0.05) is 6.92 Å². The van der Waals surface area contributed by atoms with Crippen LogP contribution in [0.1, 0.15) is 35.7 Å². The van der Waals surface area contributed by atoms with Crippen LogP contribution in [0.15, 0.2) is 18.5 Å². The SMILES string of the molecule is CCCNCc1c(C)cc(C)nc1-n1cc(C)cn1. The number of aryl methyl sites for hydroxylation is 3. The summed E-state index contributed by atoms with van der Waals surface area (Å²) in [4.78, 5) is 4.66. The van der Waals surface area contributed by atoms with Crippen LogP contribution in [-0.4, -0.2) is 21.3 Å². The molecule has 0 aliphatic rings. The minimum Gasteiger partial charge on any atom is -0.313 e. The molecule has 102 valence electrons. The van der Waals surface area contributed by atoms with Gasteiger partial charge < -0.3 is 5.32 Å². The molecule has 0 saturated carbocycles. The van der Waals surface area contributed by atoms with Crippen LogP contribution >= 0.6 is 0 Å². The van der Waals surface area contributed by atoms with E-state index in [0.29, 0.717) is 0 Å². The molecule has 2 heterocycles. The number of hydrogen-bond donors (Lipinski definition) is 1. The fourth-order valence-corrected chi connectivity index (χ4v) is 2.17. The Morgan fingerprint density at radius 2 is 2.05 bits per heavy atom. The lowest BCUT2D eigenvalue weighted by atomic mass is 10.1. The van der Waals surface area contributed by atoms with Crippen molar-refractivity contribution in [2.45, 2.75) is 40.7 Å². The van der Waals surface area contributed by atoms with Crippen molar-refractivity contribution in [3.8, 4) is 5.82 Å². The van der Waals surface area contributed by atoms with Gasteiger partial charge in [0.15, 0.2) is 5.82 Å². The average Bonchev–Trinajstić information content (AvgIpc) is 2.78. The van der Waals surface area contributed by atoms with E-state index in [1.165, 1.54) is 11.1 Å². The molecule has 19 heavy (non-hydrogen) atoms. The smallest absolute Gasteiger partial charge is 0.158 e. The first-order chi connectivity index (χ1) is 9.11. The number of rotatable bonds is 5. The summed E-state index contributed by atoms with van der Waals surface area (Å²) in [6.45, 7) is 10.2. The van der Waals surface area contributed by atoms with E-state index in [-0.39, 0.29) is 0 Å². The van der Waals surface area contributed by atoms with Crippen molar-refractivity contribution in [2.24, 2.45) is 0 Å². The van der Waals surface area contributed by atoms with Crippen LogP contribution in [0.3, 0.4) is 0 Å². The molecule has 0 atom stereocenters.